The van der Waals surface area contributed by atoms with E-state index < -0.39 is 0 Å². The molecule has 2 rings (SSSR count). The molecule has 0 heterocycles. The van der Waals surface area contributed by atoms with Crippen LogP contribution in [-0.4, -0.2) is 13.7 Å². The molecule has 0 spiro atoms. The van der Waals surface area contributed by atoms with E-state index in [1.165, 1.54) is 19.3 Å². The minimum atomic E-state index is -0.0164. The zero-order valence-corrected chi connectivity index (χ0v) is 10.6. The topological polar surface area (TPSA) is 44.5 Å². The molecule has 0 aliphatic heterocycles. The Hall–Kier alpha value is -1.22. The van der Waals surface area contributed by atoms with Gasteiger partial charge < -0.3 is 15.2 Å². The van der Waals surface area contributed by atoms with Crippen LogP contribution in [0.15, 0.2) is 18.2 Å². The van der Waals surface area contributed by atoms with Crippen molar-refractivity contribution in [2.24, 2.45) is 11.7 Å². The Kier molecular flexibility index (Phi) is 3.89. The van der Waals surface area contributed by atoms with E-state index in [-0.39, 0.29) is 6.04 Å². The van der Waals surface area contributed by atoms with E-state index >= 15 is 0 Å². The quantitative estimate of drug-likeness (QED) is 0.853. The molecule has 0 aromatic heterocycles. The molecule has 94 valence electrons. The van der Waals surface area contributed by atoms with Crippen LogP contribution in [0.4, 0.5) is 0 Å². The molecule has 0 radical (unpaired) electrons. The molecule has 0 amide bonds. The van der Waals surface area contributed by atoms with E-state index in [0.29, 0.717) is 0 Å². The van der Waals surface area contributed by atoms with Crippen LogP contribution in [0.25, 0.3) is 0 Å². The molecular weight excluding hydrogens is 214 g/mol. The predicted octanol–water partition coefficient (Wildman–Crippen LogP) is 2.89. The summed E-state index contributed by atoms with van der Waals surface area (Å²) in [5.74, 6) is 2.41. The Morgan fingerprint density at radius 3 is 2.71 bits per heavy atom. The lowest BCUT2D eigenvalue weighted by molar-refractivity contribution is 0.178. The van der Waals surface area contributed by atoms with Gasteiger partial charge in [0.05, 0.1) is 13.7 Å². The number of hydrogen-bond acceptors (Lipinski definition) is 3. The summed E-state index contributed by atoms with van der Waals surface area (Å²) in [4.78, 5) is 0. The lowest BCUT2D eigenvalue weighted by Gasteiger charge is -2.26. The standard InChI is InChI=1S/C14H21NO2/c1-10(15)13-7-6-12(16-2)8-14(13)17-9-11-4-3-5-11/h6-8,10-11H,3-5,9,15H2,1-2H3/t10-/m1/s1. The fraction of sp³-hybridized carbons (Fsp3) is 0.571. The number of nitrogens with two attached hydrogens (primary N) is 1. The largest absolute Gasteiger partial charge is 0.497 e. The van der Waals surface area contributed by atoms with E-state index in [1.807, 2.05) is 25.1 Å². The van der Waals surface area contributed by atoms with E-state index in [0.717, 1.165) is 29.6 Å². The van der Waals surface area contributed by atoms with Gasteiger partial charge in [-0.05, 0) is 31.7 Å². The second-order valence-corrected chi connectivity index (χ2v) is 4.80. The minimum Gasteiger partial charge on any atom is -0.497 e. The van der Waals surface area contributed by atoms with Crippen LogP contribution < -0.4 is 15.2 Å². The third-order valence-electron chi connectivity index (χ3n) is 3.41. The van der Waals surface area contributed by atoms with Crippen LogP contribution in [0.5, 0.6) is 11.5 Å². The van der Waals surface area contributed by atoms with Crippen molar-refractivity contribution in [1.29, 1.82) is 0 Å². The maximum atomic E-state index is 5.94. The van der Waals surface area contributed by atoms with Crippen molar-refractivity contribution in [1.82, 2.24) is 0 Å². The van der Waals surface area contributed by atoms with Crippen molar-refractivity contribution >= 4 is 0 Å². The Bertz CT molecular complexity index is 372. The van der Waals surface area contributed by atoms with Gasteiger partial charge in [-0.3, -0.25) is 0 Å². The van der Waals surface area contributed by atoms with Crippen molar-refractivity contribution in [3.63, 3.8) is 0 Å². The maximum absolute atomic E-state index is 5.94. The van der Waals surface area contributed by atoms with Crippen molar-refractivity contribution in [3.05, 3.63) is 23.8 Å². The highest BCUT2D eigenvalue weighted by Crippen LogP contribution is 2.31. The van der Waals surface area contributed by atoms with Gasteiger partial charge in [0.15, 0.2) is 0 Å². The van der Waals surface area contributed by atoms with E-state index in [1.54, 1.807) is 7.11 Å². The van der Waals surface area contributed by atoms with Gasteiger partial charge in [0.2, 0.25) is 0 Å². The third-order valence-corrected chi connectivity index (χ3v) is 3.41. The second-order valence-electron chi connectivity index (χ2n) is 4.80. The monoisotopic (exact) mass is 235 g/mol. The fourth-order valence-corrected chi connectivity index (χ4v) is 2.01. The number of rotatable bonds is 5. The molecule has 0 saturated heterocycles. The normalized spacial score (nSPS) is 17.4. The highest BCUT2D eigenvalue weighted by molar-refractivity contribution is 5.42. The van der Waals surface area contributed by atoms with Crippen molar-refractivity contribution in [3.8, 4) is 11.5 Å². The van der Waals surface area contributed by atoms with Crippen LogP contribution in [-0.2, 0) is 0 Å². The second kappa shape index (κ2) is 5.41. The Morgan fingerprint density at radius 2 is 2.18 bits per heavy atom. The highest BCUT2D eigenvalue weighted by Gasteiger charge is 2.19. The van der Waals surface area contributed by atoms with Gasteiger partial charge in [0.25, 0.3) is 0 Å². The average Bonchev–Trinajstić information content (AvgIpc) is 2.26. The number of methoxy groups -OCH3 is 1. The van der Waals surface area contributed by atoms with Crippen molar-refractivity contribution in [2.75, 3.05) is 13.7 Å². The predicted molar refractivity (Wildman–Crippen MR) is 68.4 cm³/mol. The fourth-order valence-electron chi connectivity index (χ4n) is 2.01. The first kappa shape index (κ1) is 12.2. The molecule has 0 unspecified atom stereocenters. The van der Waals surface area contributed by atoms with Crippen LogP contribution in [0.1, 0.15) is 37.8 Å². The van der Waals surface area contributed by atoms with Crippen LogP contribution >= 0.6 is 0 Å². The first-order chi connectivity index (χ1) is 8.20. The van der Waals surface area contributed by atoms with E-state index in [2.05, 4.69) is 0 Å². The summed E-state index contributed by atoms with van der Waals surface area (Å²) in [5, 5.41) is 0. The van der Waals surface area contributed by atoms with Crippen LogP contribution in [0.2, 0.25) is 0 Å². The van der Waals surface area contributed by atoms with Crippen LogP contribution in [0.3, 0.4) is 0 Å². The number of benzene rings is 1. The molecule has 1 saturated carbocycles. The summed E-state index contributed by atoms with van der Waals surface area (Å²) < 4.78 is 11.1. The van der Waals surface area contributed by atoms with Gasteiger partial charge in [-0.15, -0.1) is 0 Å². The first-order valence-electron chi connectivity index (χ1n) is 6.27. The Morgan fingerprint density at radius 1 is 1.41 bits per heavy atom. The van der Waals surface area contributed by atoms with Gasteiger partial charge in [-0.1, -0.05) is 12.5 Å². The van der Waals surface area contributed by atoms with Gasteiger partial charge >= 0.3 is 0 Å². The smallest absolute Gasteiger partial charge is 0.127 e. The molecule has 3 nitrogen and oxygen atoms in total. The van der Waals surface area contributed by atoms with Crippen molar-refractivity contribution in [2.45, 2.75) is 32.2 Å². The Balaban J connectivity index is 2.09. The summed E-state index contributed by atoms with van der Waals surface area (Å²) in [6.45, 7) is 2.77. The molecule has 1 aliphatic carbocycles. The molecule has 1 aromatic rings. The van der Waals surface area contributed by atoms with Gasteiger partial charge in [0.1, 0.15) is 11.5 Å². The number of hydrogen-bond donors (Lipinski definition) is 1. The summed E-state index contributed by atoms with van der Waals surface area (Å²) in [7, 11) is 1.66. The average molecular weight is 235 g/mol. The molecule has 17 heavy (non-hydrogen) atoms. The first-order valence-corrected chi connectivity index (χ1v) is 6.27. The van der Waals surface area contributed by atoms with Crippen LogP contribution in [0, 0.1) is 5.92 Å². The lowest BCUT2D eigenvalue weighted by Crippen LogP contribution is -2.20. The van der Waals surface area contributed by atoms with Gasteiger partial charge in [0, 0.05) is 17.7 Å². The number of ether oxygens (including phenoxy) is 2. The zero-order valence-electron chi connectivity index (χ0n) is 10.6. The molecule has 1 atom stereocenters. The summed E-state index contributed by atoms with van der Waals surface area (Å²) in [6, 6.07) is 5.82. The lowest BCUT2D eigenvalue weighted by atomic mass is 9.86. The molecule has 3 heteroatoms. The molecule has 1 fully saturated rings. The minimum absolute atomic E-state index is 0.0164. The SMILES string of the molecule is COc1ccc([C@@H](C)N)c(OCC2CCC2)c1. The summed E-state index contributed by atoms with van der Waals surface area (Å²) >= 11 is 0. The third kappa shape index (κ3) is 2.91. The summed E-state index contributed by atoms with van der Waals surface area (Å²) in [5.41, 5.74) is 6.98. The molecule has 1 aliphatic rings. The molecular formula is C14H21NO2. The molecule has 0 bridgehead atoms. The zero-order chi connectivity index (χ0) is 12.3. The maximum Gasteiger partial charge on any atom is 0.127 e. The van der Waals surface area contributed by atoms with Crippen molar-refractivity contribution < 1.29 is 9.47 Å². The van der Waals surface area contributed by atoms with Gasteiger partial charge in [-0.2, -0.15) is 0 Å². The highest BCUT2D eigenvalue weighted by atomic mass is 16.5. The molecule has 2 N–H and O–H groups in total. The van der Waals surface area contributed by atoms with E-state index in [4.69, 9.17) is 15.2 Å². The van der Waals surface area contributed by atoms with E-state index in [9.17, 15) is 0 Å². The molecule has 1 aromatic carbocycles. The Labute approximate surface area is 103 Å². The van der Waals surface area contributed by atoms with Gasteiger partial charge in [-0.25, -0.2) is 0 Å². The summed E-state index contributed by atoms with van der Waals surface area (Å²) in [6.07, 6.45) is 3.92.